The van der Waals surface area contributed by atoms with Gasteiger partial charge in [0, 0.05) is 28.7 Å². The lowest BCUT2D eigenvalue weighted by atomic mass is 10.1. The highest BCUT2D eigenvalue weighted by Crippen LogP contribution is 2.26. The maximum absolute atomic E-state index is 12.5. The number of nitrogens with zero attached hydrogens (tertiary/aromatic N) is 1. The number of halogens is 1. The number of hydrogen-bond donors (Lipinski definition) is 1. The van der Waals surface area contributed by atoms with Crippen LogP contribution in [0.5, 0.6) is 0 Å². The molecular weight excluding hydrogens is 388 g/mol. The van der Waals surface area contributed by atoms with Crippen LogP contribution in [0.25, 0.3) is 11.0 Å². The quantitative estimate of drug-likeness (QED) is 0.574. The van der Waals surface area contributed by atoms with Gasteiger partial charge in [-0.25, -0.2) is 4.79 Å². The number of anilines is 1. The Hall–Kier alpha value is -2.63. The van der Waals surface area contributed by atoms with E-state index >= 15 is 0 Å². The normalized spacial score (nSPS) is 11.2. The Morgan fingerprint density at radius 2 is 1.79 bits per heavy atom. The molecule has 0 radical (unpaired) electrons. The number of fused-ring (bicyclic) bond motifs is 1. The number of likely N-dealkylation sites (N-methyl/N-ethyl adjacent to an activating group) is 1. The maximum atomic E-state index is 12.5. The highest BCUT2D eigenvalue weighted by molar-refractivity contribution is 6.32. The van der Waals surface area contributed by atoms with Crippen molar-refractivity contribution >= 4 is 34.2 Å². The molecule has 1 N–H and O–H groups in total. The van der Waals surface area contributed by atoms with Crippen molar-refractivity contribution < 1.29 is 9.21 Å². The van der Waals surface area contributed by atoms with E-state index in [0.717, 1.165) is 40.6 Å². The molecule has 152 valence electrons. The number of para-hydroxylation sites is 1. The van der Waals surface area contributed by atoms with Crippen LogP contribution in [-0.4, -0.2) is 24.4 Å². The fraction of sp³-hybridized carbons (Fsp3) is 0.304. The van der Waals surface area contributed by atoms with E-state index in [0.29, 0.717) is 17.2 Å². The van der Waals surface area contributed by atoms with Gasteiger partial charge >= 0.3 is 5.63 Å². The average molecular weight is 413 g/mol. The second kappa shape index (κ2) is 9.25. The van der Waals surface area contributed by atoms with E-state index < -0.39 is 5.63 Å². The van der Waals surface area contributed by atoms with E-state index in [-0.39, 0.29) is 12.5 Å². The van der Waals surface area contributed by atoms with Crippen LogP contribution in [0, 0.1) is 0 Å². The third-order valence-electron chi connectivity index (χ3n) is 4.90. The monoisotopic (exact) mass is 412 g/mol. The Morgan fingerprint density at radius 1 is 1.07 bits per heavy atom. The van der Waals surface area contributed by atoms with Crippen LogP contribution >= 0.6 is 11.6 Å². The van der Waals surface area contributed by atoms with Crippen LogP contribution in [0.2, 0.25) is 5.02 Å². The minimum Gasteiger partial charge on any atom is -0.423 e. The second-order valence-electron chi connectivity index (χ2n) is 7.12. The second-order valence-corrected chi connectivity index (χ2v) is 7.52. The summed E-state index contributed by atoms with van der Waals surface area (Å²) >= 11 is 6.36. The fourth-order valence-corrected chi connectivity index (χ4v) is 3.72. The lowest BCUT2D eigenvalue weighted by Crippen LogP contribution is -2.30. The number of amides is 1. The molecule has 1 heterocycles. The van der Waals surface area contributed by atoms with Crippen molar-refractivity contribution in [3.8, 4) is 0 Å². The molecule has 0 aliphatic carbocycles. The molecule has 0 bridgehead atoms. The van der Waals surface area contributed by atoms with E-state index in [1.54, 1.807) is 0 Å². The van der Waals surface area contributed by atoms with E-state index in [1.165, 1.54) is 6.07 Å². The van der Waals surface area contributed by atoms with E-state index in [1.807, 2.05) is 55.3 Å². The number of carbonyl (C=O) groups excluding carboxylic acids is 1. The molecular formula is C23H25ClN2O3. The molecule has 0 aliphatic heterocycles. The standard InChI is InChI=1S/C23H25ClN2O3/c1-4-15-8-6-7-9-20(15)25-22(27)14-26(3)13-17-11-23(28)29-21-10-16(5-2)19(24)12-18(17)21/h6-12H,4-5,13-14H2,1-3H3,(H,25,27). The third-order valence-corrected chi connectivity index (χ3v) is 5.26. The first-order chi connectivity index (χ1) is 13.9. The average Bonchev–Trinajstić information content (AvgIpc) is 2.68. The lowest BCUT2D eigenvalue weighted by Gasteiger charge is -2.18. The number of hydrogen-bond acceptors (Lipinski definition) is 4. The molecule has 0 saturated heterocycles. The zero-order valence-corrected chi connectivity index (χ0v) is 17.7. The van der Waals surface area contributed by atoms with Gasteiger partial charge in [0.05, 0.1) is 6.54 Å². The topological polar surface area (TPSA) is 62.6 Å². The smallest absolute Gasteiger partial charge is 0.336 e. The Morgan fingerprint density at radius 3 is 2.52 bits per heavy atom. The number of aryl methyl sites for hydroxylation is 2. The molecule has 0 spiro atoms. The zero-order valence-electron chi connectivity index (χ0n) is 16.9. The van der Waals surface area contributed by atoms with Crippen molar-refractivity contribution in [2.24, 2.45) is 0 Å². The van der Waals surface area contributed by atoms with Gasteiger partial charge in [-0.05, 0) is 54.8 Å². The van der Waals surface area contributed by atoms with Crippen molar-refractivity contribution in [2.45, 2.75) is 33.2 Å². The van der Waals surface area contributed by atoms with Crippen LogP contribution in [0.1, 0.15) is 30.5 Å². The molecule has 0 saturated carbocycles. The molecule has 0 aliphatic rings. The summed E-state index contributed by atoms with van der Waals surface area (Å²) in [5.41, 5.74) is 3.75. The van der Waals surface area contributed by atoms with Crippen LogP contribution < -0.4 is 10.9 Å². The number of nitrogens with one attached hydrogen (secondary N) is 1. The molecule has 0 atom stereocenters. The Balaban J connectivity index is 1.77. The van der Waals surface area contributed by atoms with Gasteiger partial charge in [-0.1, -0.05) is 43.6 Å². The van der Waals surface area contributed by atoms with Crippen molar-refractivity contribution in [3.63, 3.8) is 0 Å². The number of carbonyl (C=O) groups is 1. The molecule has 2 aromatic carbocycles. The van der Waals surface area contributed by atoms with Gasteiger partial charge in [0.1, 0.15) is 5.58 Å². The summed E-state index contributed by atoms with van der Waals surface area (Å²) in [6.45, 7) is 4.67. The first-order valence-electron chi connectivity index (χ1n) is 9.72. The minimum absolute atomic E-state index is 0.105. The molecule has 3 aromatic rings. The van der Waals surface area contributed by atoms with E-state index in [4.69, 9.17) is 16.0 Å². The van der Waals surface area contributed by atoms with Crippen molar-refractivity contribution in [3.05, 3.63) is 74.6 Å². The molecule has 1 aromatic heterocycles. The summed E-state index contributed by atoms with van der Waals surface area (Å²) in [4.78, 5) is 26.4. The molecule has 0 unspecified atom stereocenters. The van der Waals surface area contributed by atoms with E-state index in [9.17, 15) is 9.59 Å². The molecule has 3 rings (SSSR count). The van der Waals surface area contributed by atoms with Gasteiger partial charge < -0.3 is 9.73 Å². The maximum Gasteiger partial charge on any atom is 0.336 e. The van der Waals surface area contributed by atoms with Gasteiger partial charge in [-0.3, -0.25) is 9.69 Å². The predicted molar refractivity (Wildman–Crippen MR) is 118 cm³/mol. The fourth-order valence-electron chi connectivity index (χ4n) is 3.42. The van der Waals surface area contributed by atoms with Gasteiger partial charge in [0.15, 0.2) is 0 Å². The van der Waals surface area contributed by atoms with Crippen molar-refractivity contribution in [1.82, 2.24) is 4.90 Å². The SMILES string of the molecule is CCc1cc2oc(=O)cc(CN(C)CC(=O)Nc3ccccc3CC)c2cc1Cl. The summed E-state index contributed by atoms with van der Waals surface area (Å²) < 4.78 is 5.35. The van der Waals surface area contributed by atoms with Crippen LogP contribution in [0.3, 0.4) is 0 Å². The summed E-state index contributed by atoms with van der Waals surface area (Å²) in [5.74, 6) is -0.105. The predicted octanol–water partition coefficient (Wildman–Crippen LogP) is 4.64. The Kier molecular flexibility index (Phi) is 6.72. The molecule has 6 heteroatoms. The van der Waals surface area contributed by atoms with Gasteiger partial charge in [0.25, 0.3) is 0 Å². The van der Waals surface area contributed by atoms with E-state index in [2.05, 4.69) is 12.2 Å². The number of benzene rings is 2. The summed E-state index contributed by atoms with van der Waals surface area (Å²) in [7, 11) is 1.84. The number of rotatable bonds is 7. The molecule has 0 fully saturated rings. The van der Waals surface area contributed by atoms with Crippen LogP contribution in [-0.2, 0) is 24.2 Å². The largest absolute Gasteiger partial charge is 0.423 e. The highest BCUT2D eigenvalue weighted by atomic mass is 35.5. The molecule has 1 amide bonds. The summed E-state index contributed by atoms with van der Waals surface area (Å²) in [6, 6.07) is 12.9. The van der Waals surface area contributed by atoms with Crippen molar-refractivity contribution in [2.75, 3.05) is 18.9 Å². The molecule has 29 heavy (non-hydrogen) atoms. The van der Waals surface area contributed by atoms with Crippen LogP contribution in [0.15, 0.2) is 51.7 Å². The van der Waals surface area contributed by atoms with Gasteiger partial charge in [-0.15, -0.1) is 0 Å². The van der Waals surface area contributed by atoms with Gasteiger partial charge in [0.2, 0.25) is 5.91 Å². The molecule has 5 nitrogen and oxygen atoms in total. The minimum atomic E-state index is -0.411. The Bertz CT molecular complexity index is 1090. The lowest BCUT2D eigenvalue weighted by molar-refractivity contribution is -0.117. The first kappa shape index (κ1) is 21.1. The van der Waals surface area contributed by atoms with Gasteiger partial charge in [-0.2, -0.15) is 0 Å². The summed E-state index contributed by atoms with van der Waals surface area (Å²) in [6.07, 6.45) is 1.60. The highest BCUT2D eigenvalue weighted by Gasteiger charge is 2.14. The Labute approximate surface area is 175 Å². The zero-order chi connectivity index (χ0) is 21.0. The third kappa shape index (κ3) is 5.05. The summed E-state index contributed by atoms with van der Waals surface area (Å²) in [5, 5.41) is 4.40. The first-order valence-corrected chi connectivity index (χ1v) is 10.1. The van der Waals surface area contributed by atoms with Crippen molar-refractivity contribution in [1.29, 1.82) is 0 Å². The van der Waals surface area contributed by atoms with Crippen LogP contribution in [0.4, 0.5) is 5.69 Å².